The van der Waals surface area contributed by atoms with Gasteiger partial charge in [-0.2, -0.15) is 4.98 Å². The normalized spacial score (nSPS) is 13.6. The van der Waals surface area contributed by atoms with Crippen molar-refractivity contribution >= 4 is 35.0 Å². The fraction of sp³-hybridized carbons (Fsp3) is 0.222. The Kier molecular flexibility index (Phi) is 4.90. The van der Waals surface area contributed by atoms with E-state index in [-0.39, 0.29) is 11.7 Å². The summed E-state index contributed by atoms with van der Waals surface area (Å²) in [4.78, 5) is 20.8. The molecule has 132 valence electrons. The lowest BCUT2D eigenvalue weighted by atomic mass is 10.3. The van der Waals surface area contributed by atoms with Crippen molar-refractivity contribution in [2.24, 2.45) is 0 Å². The third-order valence-electron chi connectivity index (χ3n) is 3.85. The SMILES string of the molecule is O=C(CSc1ccc(-c2nc(C3CC3)no2)cn1)Nc1ccc(Cl)cc1. The van der Waals surface area contributed by atoms with E-state index in [1.165, 1.54) is 11.8 Å². The maximum absolute atomic E-state index is 12.0. The van der Waals surface area contributed by atoms with Gasteiger partial charge in [-0.15, -0.1) is 0 Å². The van der Waals surface area contributed by atoms with Crippen LogP contribution >= 0.6 is 23.4 Å². The number of thioether (sulfide) groups is 1. The van der Waals surface area contributed by atoms with Gasteiger partial charge in [0.05, 0.1) is 16.3 Å². The highest BCUT2D eigenvalue weighted by molar-refractivity contribution is 7.99. The summed E-state index contributed by atoms with van der Waals surface area (Å²) in [5, 5.41) is 8.20. The minimum atomic E-state index is -0.103. The number of hydrogen-bond acceptors (Lipinski definition) is 6. The molecular formula is C18H15ClN4O2S. The molecule has 1 N–H and O–H groups in total. The molecule has 0 bridgehead atoms. The number of nitrogens with one attached hydrogen (secondary N) is 1. The number of benzene rings is 1. The van der Waals surface area contributed by atoms with Crippen LogP contribution in [0, 0.1) is 0 Å². The maximum Gasteiger partial charge on any atom is 0.259 e. The summed E-state index contributed by atoms with van der Waals surface area (Å²) in [7, 11) is 0. The first-order chi connectivity index (χ1) is 12.7. The van der Waals surface area contributed by atoms with E-state index < -0.39 is 0 Å². The van der Waals surface area contributed by atoms with Crippen molar-refractivity contribution in [1.29, 1.82) is 0 Å². The van der Waals surface area contributed by atoms with E-state index in [9.17, 15) is 4.79 Å². The predicted octanol–water partition coefficient (Wildman–Crippen LogP) is 4.39. The molecule has 0 radical (unpaired) electrons. The molecule has 0 saturated heterocycles. The van der Waals surface area contributed by atoms with Crippen LogP contribution in [0.3, 0.4) is 0 Å². The lowest BCUT2D eigenvalue weighted by Crippen LogP contribution is -2.13. The molecule has 1 aromatic carbocycles. The first kappa shape index (κ1) is 17.1. The monoisotopic (exact) mass is 386 g/mol. The third-order valence-corrected chi connectivity index (χ3v) is 5.04. The molecule has 4 rings (SSSR count). The summed E-state index contributed by atoms with van der Waals surface area (Å²) in [6.45, 7) is 0. The summed E-state index contributed by atoms with van der Waals surface area (Å²) in [5.74, 6) is 1.87. The fourth-order valence-corrected chi connectivity index (χ4v) is 3.09. The Hall–Kier alpha value is -2.38. The summed E-state index contributed by atoms with van der Waals surface area (Å²) in [6.07, 6.45) is 3.94. The second kappa shape index (κ2) is 7.47. The van der Waals surface area contributed by atoms with Gasteiger partial charge in [0.15, 0.2) is 5.82 Å². The average Bonchev–Trinajstić information content (AvgIpc) is 3.39. The number of rotatable bonds is 6. The van der Waals surface area contributed by atoms with Gasteiger partial charge in [0, 0.05) is 22.8 Å². The van der Waals surface area contributed by atoms with Crippen molar-refractivity contribution in [1.82, 2.24) is 15.1 Å². The number of hydrogen-bond donors (Lipinski definition) is 1. The van der Waals surface area contributed by atoms with E-state index in [2.05, 4.69) is 20.4 Å². The molecule has 3 aromatic rings. The van der Waals surface area contributed by atoms with Crippen LogP contribution in [0.4, 0.5) is 5.69 Å². The van der Waals surface area contributed by atoms with E-state index in [1.54, 1.807) is 30.5 Å². The highest BCUT2D eigenvalue weighted by Crippen LogP contribution is 2.38. The minimum Gasteiger partial charge on any atom is -0.334 e. The van der Waals surface area contributed by atoms with Crippen LogP contribution in [0.25, 0.3) is 11.5 Å². The zero-order valence-corrected chi connectivity index (χ0v) is 15.3. The number of nitrogens with zero attached hydrogens (tertiary/aromatic N) is 3. The number of carbonyl (C=O) groups is 1. The van der Waals surface area contributed by atoms with Crippen LogP contribution in [-0.4, -0.2) is 26.8 Å². The predicted molar refractivity (Wildman–Crippen MR) is 100 cm³/mol. The van der Waals surface area contributed by atoms with Crippen LogP contribution in [0.1, 0.15) is 24.6 Å². The van der Waals surface area contributed by atoms with E-state index in [4.69, 9.17) is 16.1 Å². The lowest BCUT2D eigenvalue weighted by molar-refractivity contribution is -0.113. The van der Waals surface area contributed by atoms with Crippen LogP contribution in [0.2, 0.25) is 5.02 Å². The second-order valence-electron chi connectivity index (χ2n) is 5.96. The number of amides is 1. The third kappa shape index (κ3) is 4.23. The van der Waals surface area contributed by atoms with Crippen molar-refractivity contribution in [2.75, 3.05) is 11.1 Å². The molecule has 1 amide bonds. The Morgan fingerprint density at radius 3 is 2.73 bits per heavy atom. The number of pyridine rings is 1. The van der Waals surface area contributed by atoms with Gasteiger partial charge in [-0.3, -0.25) is 4.79 Å². The zero-order valence-electron chi connectivity index (χ0n) is 13.7. The van der Waals surface area contributed by atoms with E-state index in [0.29, 0.717) is 22.5 Å². The molecule has 1 saturated carbocycles. The van der Waals surface area contributed by atoms with Crippen molar-refractivity contribution in [2.45, 2.75) is 23.8 Å². The molecule has 0 atom stereocenters. The molecule has 6 nitrogen and oxygen atoms in total. The molecule has 1 aliphatic carbocycles. The van der Waals surface area contributed by atoms with Gasteiger partial charge >= 0.3 is 0 Å². The summed E-state index contributed by atoms with van der Waals surface area (Å²) < 4.78 is 5.28. The van der Waals surface area contributed by atoms with Crippen LogP contribution < -0.4 is 5.32 Å². The number of anilines is 1. The van der Waals surface area contributed by atoms with Gasteiger partial charge in [0.25, 0.3) is 5.89 Å². The fourth-order valence-electron chi connectivity index (χ4n) is 2.32. The van der Waals surface area contributed by atoms with Crippen LogP contribution in [0.5, 0.6) is 0 Å². The van der Waals surface area contributed by atoms with Gasteiger partial charge < -0.3 is 9.84 Å². The van der Waals surface area contributed by atoms with Gasteiger partial charge in [0.2, 0.25) is 5.91 Å². The van der Waals surface area contributed by atoms with Gasteiger partial charge in [-0.25, -0.2) is 4.98 Å². The van der Waals surface area contributed by atoms with Crippen molar-refractivity contribution in [3.8, 4) is 11.5 Å². The molecule has 0 unspecified atom stereocenters. The van der Waals surface area contributed by atoms with Crippen molar-refractivity contribution in [3.63, 3.8) is 0 Å². The summed E-state index contributed by atoms with van der Waals surface area (Å²) in [5.41, 5.74) is 1.49. The Labute approximate surface area is 159 Å². The molecule has 0 spiro atoms. The van der Waals surface area contributed by atoms with E-state index in [1.807, 2.05) is 12.1 Å². The molecule has 2 heterocycles. The highest BCUT2D eigenvalue weighted by Gasteiger charge is 2.29. The Balaban J connectivity index is 1.32. The first-order valence-electron chi connectivity index (χ1n) is 8.15. The van der Waals surface area contributed by atoms with Crippen LogP contribution in [0.15, 0.2) is 52.1 Å². The zero-order chi connectivity index (χ0) is 17.9. The lowest BCUT2D eigenvalue weighted by Gasteiger charge is -2.05. The quantitative estimate of drug-likeness (QED) is 0.632. The minimum absolute atomic E-state index is 0.103. The van der Waals surface area contributed by atoms with Crippen molar-refractivity contribution < 1.29 is 9.32 Å². The first-order valence-corrected chi connectivity index (χ1v) is 9.52. The molecule has 26 heavy (non-hydrogen) atoms. The van der Waals surface area contributed by atoms with Crippen molar-refractivity contribution in [3.05, 3.63) is 53.4 Å². The maximum atomic E-state index is 12.0. The standard InChI is InChI=1S/C18H15ClN4O2S/c19-13-4-6-14(7-5-13)21-15(24)10-26-16-8-3-12(9-20-16)18-22-17(23-25-18)11-1-2-11/h3-9,11H,1-2,10H2,(H,21,24). The molecule has 0 aliphatic heterocycles. The molecule has 2 aromatic heterocycles. The average molecular weight is 387 g/mol. The van der Waals surface area contributed by atoms with Gasteiger partial charge in [-0.1, -0.05) is 28.5 Å². The smallest absolute Gasteiger partial charge is 0.259 e. The van der Waals surface area contributed by atoms with Gasteiger partial charge in [0.1, 0.15) is 0 Å². The number of halogens is 1. The Morgan fingerprint density at radius 1 is 1.23 bits per heavy atom. The molecule has 8 heteroatoms. The van der Waals surface area contributed by atoms with E-state index >= 15 is 0 Å². The van der Waals surface area contributed by atoms with E-state index in [0.717, 1.165) is 29.3 Å². The molecule has 1 aliphatic rings. The Morgan fingerprint density at radius 2 is 2.04 bits per heavy atom. The van der Waals surface area contributed by atoms with Gasteiger partial charge in [-0.05, 0) is 49.2 Å². The summed E-state index contributed by atoms with van der Waals surface area (Å²) in [6, 6.07) is 10.7. The highest BCUT2D eigenvalue weighted by atomic mass is 35.5. The second-order valence-corrected chi connectivity index (χ2v) is 7.39. The number of aromatic nitrogens is 3. The molecular weight excluding hydrogens is 372 g/mol. The number of carbonyl (C=O) groups excluding carboxylic acids is 1. The summed E-state index contributed by atoms with van der Waals surface area (Å²) >= 11 is 7.19. The topological polar surface area (TPSA) is 80.9 Å². The Bertz CT molecular complexity index is 908. The largest absolute Gasteiger partial charge is 0.334 e. The van der Waals surface area contributed by atoms with Crippen LogP contribution in [-0.2, 0) is 4.79 Å². The molecule has 1 fully saturated rings.